The van der Waals surface area contributed by atoms with Crippen molar-refractivity contribution in [3.05, 3.63) is 69.8 Å². The largest absolute Gasteiger partial charge is 0.383 e. The predicted molar refractivity (Wildman–Crippen MR) is 115 cm³/mol. The van der Waals surface area contributed by atoms with E-state index in [1.165, 1.54) is 16.8 Å². The second kappa shape index (κ2) is 8.38. The molecule has 0 unspecified atom stereocenters. The quantitative estimate of drug-likeness (QED) is 0.490. The van der Waals surface area contributed by atoms with Gasteiger partial charge in [-0.05, 0) is 36.8 Å². The van der Waals surface area contributed by atoms with Gasteiger partial charge in [0.05, 0.1) is 22.0 Å². The number of benzene rings is 2. The van der Waals surface area contributed by atoms with Gasteiger partial charge in [0.15, 0.2) is 0 Å². The van der Waals surface area contributed by atoms with Gasteiger partial charge in [0.2, 0.25) is 0 Å². The van der Waals surface area contributed by atoms with E-state index in [1.807, 2.05) is 62.3 Å². The average Bonchev–Trinajstić information content (AvgIpc) is 2.93. The van der Waals surface area contributed by atoms with Crippen molar-refractivity contribution in [3.63, 3.8) is 0 Å². The first kappa shape index (κ1) is 19.8. The highest BCUT2D eigenvalue weighted by atomic mass is 35.5. The average molecular weight is 420 g/mol. The Balaban J connectivity index is 1.89. The summed E-state index contributed by atoms with van der Waals surface area (Å²) >= 11 is 14.0. The van der Waals surface area contributed by atoms with Crippen molar-refractivity contribution in [1.29, 1.82) is 0 Å². The molecule has 0 saturated heterocycles. The summed E-state index contributed by atoms with van der Waals surface area (Å²) in [6, 6.07) is 13.1. The minimum absolute atomic E-state index is 0.135. The normalized spacial score (nSPS) is 15.4. The number of amides is 1. The molecule has 2 aromatic rings. The van der Waals surface area contributed by atoms with Crippen molar-refractivity contribution >= 4 is 52.3 Å². The Morgan fingerprint density at radius 1 is 1.15 bits per heavy atom. The number of nitrogens with zero attached hydrogens (tertiary/aromatic N) is 3. The van der Waals surface area contributed by atoms with Crippen molar-refractivity contribution in [2.45, 2.75) is 11.8 Å². The zero-order chi connectivity index (χ0) is 19.6. The summed E-state index contributed by atoms with van der Waals surface area (Å²) in [6.45, 7) is 1.94. The van der Waals surface area contributed by atoms with Crippen LogP contribution >= 0.6 is 35.0 Å². The molecule has 0 aromatic heterocycles. The van der Waals surface area contributed by atoms with Gasteiger partial charge in [-0.3, -0.25) is 4.79 Å². The Labute approximate surface area is 173 Å². The molecule has 0 atom stereocenters. The number of anilines is 1. The van der Waals surface area contributed by atoms with E-state index in [4.69, 9.17) is 23.2 Å². The van der Waals surface area contributed by atoms with Crippen LogP contribution < -0.4 is 5.01 Å². The van der Waals surface area contributed by atoms with Crippen molar-refractivity contribution in [2.75, 3.05) is 24.9 Å². The number of carbonyl (C=O) groups excluding carboxylic acids is 1. The first-order valence-corrected chi connectivity index (χ1v) is 10.0. The highest BCUT2D eigenvalue weighted by Crippen LogP contribution is 2.34. The zero-order valence-corrected chi connectivity index (χ0v) is 17.6. The van der Waals surface area contributed by atoms with E-state index in [-0.39, 0.29) is 5.91 Å². The molecule has 27 heavy (non-hydrogen) atoms. The molecule has 1 aliphatic rings. The third kappa shape index (κ3) is 4.49. The predicted octanol–water partition coefficient (Wildman–Crippen LogP) is 5.24. The number of halogens is 2. The van der Waals surface area contributed by atoms with Crippen LogP contribution in [-0.2, 0) is 4.79 Å². The molecule has 0 radical (unpaired) electrons. The van der Waals surface area contributed by atoms with Crippen LogP contribution in [-0.4, -0.2) is 36.4 Å². The van der Waals surface area contributed by atoms with E-state index in [0.29, 0.717) is 27.1 Å². The molecule has 0 aliphatic carbocycles. The first-order valence-electron chi connectivity index (χ1n) is 8.31. The van der Waals surface area contributed by atoms with Crippen LogP contribution in [0.2, 0.25) is 10.0 Å². The summed E-state index contributed by atoms with van der Waals surface area (Å²) in [7, 11) is 3.77. The van der Waals surface area contributed by atoms with Crippen molar-refractivity contribution in [2.24, 2.45) is 5.10 Å². The highest BCUT2D eigenvalue weighted by Gasteiger charge is 2.31. The van der Waals surface area contributed by atoms with Crippen LogP contribution in [0.15, 0.2) is 64.2 Å². The molecule has 1 amide bonds. The number of thioether (sulfide) groups is 1. The molecule has 1 aliphatic heterocycles. The number of rotatable bonds is 5. The summed E-state index contributed by atoms with van der Waals surface area (Å²) in [5.74, 6) is 0.388. The van der Waals surface area contributed by atoms with Crippen LogP contribution in [0.25, 0.3) is 0 Å². The lowest BCUT2D eigenvalue weighted by atomic mass is 10.2. The van der Waals surface area contributed by atoms with Crippen LogP contribution in [0.4, 0.5) is 5.69 Å². The molecule has 1 heterocycles. The maximum Gasteiger partial charge on any atom is 0.282 e. The van der Waals surface area contributed by atoms with Crippen LogP contribution in [0.1, 0.15) is 5.56 Å². The number of hydrogen-bond acceptors (Lipinski definition) is 4. The van der Waals surface area contributed by atoms with Crippen molar-refractivity contribution in [1.82, 2.24) is 4.90 Å². The van der Waals surface area contributed by atoms with Crippen LogP contribution in [0, 0.1) is 6.92 Å². The van der Waals surface area contributed by atoms with Gasteiger partial charge in [0, 0.05) is 36.0 Å². The SMILES string of the molecule is Cc1cc(SCC2=NN(c3ccccc3)C(=O)/C2=C\N(C)C)c(Cl)cc1Cl. The van der Waals surface area contributed by atoms with Gasteiger partial charge in [-0.15, -0.1) is 11.8 Å². The third-order valence-corrected chi connectivity index (χ3v) is 5.82. The minimum Gasteiger partial charge on any atom is -0.383 e. The molecular weight excluding hydrogens is 401 g/mol. The second-order valence-electron chi connectivity index (χ2n) is 6.33. The number of para-hydroxylation sites is 1. The van der Waals surface area contributed by atoms with Gasteiger partial charge in [0.25, 0.3) is 5.91 Å². The molecule has 0 fully saturated rings. The van der Waals surface area contributed by atoms with E-state index in [0.717, 1.165) is 16.1 Å². The minimum atomic E-state index is -0.135. The molecule has 2 aromatic carbocycles. The van der Waals surface area contributed by atoms with E-state index in [2.05, 4.69) is 5.10 Å². The topological polar surface area (TPSA) is 35.9 Å². The smallest absolute Gasteiger partial charge is 0.282 e. The fourth-order valence-corrected chi connectivity index (χ4v) is 4.09. The van der Waals surface area contributed by atoms with E-state index >= 15 is 0 Å². The Morgan fingerprint density at radius 2 is 1.85 bits per heavy atom. The summed E-state index contributed by atoms with van der Waals surface area (Å²) < 4.78 is 0. The Morgan fingerprint density at radius 3 is 2.52 bits per heavy atom. The summed E-state index contributed by atoms with van der Waals surface area (Å²) in [6.07, 6.45) is 1.80. The van der Waals surface area contributed by atoms with Gasteiger partial charge in [-0.1, -0.05) is 41.4 Å². The molecule has 140 valence electrons. The third-order valence-electron chi connectivity index (χ3n) is 3.92. The number of carbonyl (C=O) groups is 1. The lowest BCUT2D eigenvalue weighted by Crippen LogP contribution is -2.22. The fraction of sp³-hybridized carbons (Fsp3) is 0.200. The number of hydrogen-bond donors (Lipinski definition) is 0. The van der Waals surface area contributed by atoms with Gasteiger partial charge in [-0.2, -0.15) is 10.1 Å². The molecule has 7 heteroatoms. The zero-order valence-electron chi connectivity index (χ0n) is 15.2. The highest BCUT2D eigenvalue weighted by molar-refractivity contribution is 8.00. The molecule has 0 N–H and O–H groups in total. The monoisotopic (exact) mass is 419 g/mol. The first-order chi connectivity index (χ1) is 12.9. The Bertz CT molecular complexity index is 926. The van der Waals surface area contributed by atoms with Gasteiger partial charge in [-0.25, -0.2) is 0 Å². The fourth-order valence-electron chi connectivity index (χ4n) is 2.58. The van der Waals surface area contributed by atoms with Crippen molar-refractivity contribution < 1.29 is 4.79 Å². The number of aryl methyl sites for hydroxylation is 1. The van der Waals surface area contributed by atoms with Gasteiger partial charge in [0.1, 0.15) is 0 Å². The molecular formula is C20H19Cl2N3OS. The Kier molecular flexibility index (Phi) is 6.15. The van der Waals surface area contributed by atoms with Gasteiger partial charge < -0.3 is 4.90 Å². The summed E-state index contributed by atoms with van der Waals surface area (Å²) in [5, 5.41) is 7.25. The van der Waals surface area contributed by atoms with Crippen LogP contribution in [0.5, 0.6) is 0 Å². The molecule has 3 rings (SSSR count). The molecule has 4 nitrogen and oxygen atoms in total. The molecule has 0 spiro atoms. The van der Waals surface area contributed by atoms with Crippen molar-refractivity contribution in [3.8, 4) is 0 Å². The Hall–Kier alpha value is -1.95. The summed E-state index contributed by atoms with van der Waals surface area (Å²) in [4.78, 5) is 15.7. The van der Waals surface area contributed by atoms with Crippen LogP contribution in [0.3, 0.4) is 0 Å². The number of hydrazone groups is 1. The van der Waals surface area contributed by atoms with Gasteiger partial charge >= 0.3 is 0 Å². The maximum absolute atomic E-state index is 12.9. The molecule has 0 saturated carbocycles. The lowest BCUT2D eigenvalue weighted by Gasteiger charge is -2.12. The molecule has 0 bridgehead atoms. The lowest BCUT2D eigenvalue weighted by molar-refractivity contribution is -0.114. The standard InChI is InChI=1S/C20H19Cl2N3OS/c1-13-9-19(17(22)10-16(13)21)27-12-18-15(11-24(2)3)20(26)25(23-18)14-7-5-4-6-8-14/h4-11H,12H2,1-3H3/b15-11-. The maximum atomic E-state index is 12.9. The van der Waals surface area contributed by atoms with E-state index in [9.17, 15) is 4.79 Å². The van der Waals surface area contributed by atoms with E-state index < -0.39 is 0 Å². The summed E-state index contributed by atoms with van der Waals surface area (Å²) in [5.41, 5.74) is 3.00. The second-order valence-corrected chi connectivity index (χ2v) is 8.16. The van der Waals surface area contributed by atoms with E-state index in [1.54, 1.807) is 12.3 Å².